The summed E-state index contributed by atoms with van der Waals surface area (Å²) in [5, 5.41) is 1.06. The first-order valence-electron chi connectivity index (χ1n) is 5.26. The number of furan rings is 1. The Kier molecular flexibility index (Phi) is 2.97. The molecule has 3 nitrogen and oxygen atoms in total. The van der Waals surface area contributed by atoms with Crippen molar-refractivity contribution in [1.29, 1.82) is 0 Å². The molecule has 16 heavy (non-hydrogen) atoms. The van der Waals surface area contributed by atoms with Crippen LogP contribution in [0.5, 0.6) is 0 Å². The fourth-order valence-electron chi connectivity index (χ4n) is 1.75. The van der Waals surface area contributed by atoms with Gasteiger partial charge in [0.1, 0.15) is 11.3 Å². The number of hydrogen-bond acceptors (Lipinski definition) is 3. The van der Waals surface area contributed by atoms with Gasteiger partial charge in [0.05, 0.1) is 6.54 Å². The predicted octanol–water partition coefficient (Wildman–Crippen LogP) is 2.63. The van der Waals surface area contributed by atoms with Gasteiger partial charge in [-0.3, -0.25) is 4.90 Å². The minimum atomic E-state index is 0.763. The molecule has 84 valence electrons. The number of anilines is 1. The van der Waals surface area contributed by atoms with Crippen LogP contribution in [0.4, 0.5) is 5.69 Å². The molecule has 0 fully saturated rings. The highest BCUT2D eigenvalue weighted by Crippen LogP contribution is 2.22. The Morgan fingerprint density at radius 2 is 2.25 bits per heavy atom. The van der Waals surface area contributed by atoms with Gasteiger partial charge in [-0.25, -0.2) is 0 Å². The number of fused-ring (bicyclic) bond motifs is 1. The highest BCUT2D eigenvalue weighted by Gasteiger charge is 2.05. The number of nitrogens with zero attached hydrogens (tertiary/aromatic N) is 1. The molecular formula is C13H16N2O. The number of rotatable bonds is 4. The molecule has 1 heterocycles. The molecule has 0 radical (unpaired) electrons. The van der Waals surface area contributed by atoms with Crippen LogP contribution in [0.15, 0.2) is 41.3 Å². The van der Waals surface area contributed by atoms with Gasteiger partial charge in [-0.1, -0.05) is 6.08 Å². The van der Waals surface area contributed by atoms with Crippen LogP contribution in [0.2, 0.25) is 0 Å². The molecule has 0 amide bonds. The van der Waals surface area contributed by atoms with Crippen LogP contribution in [0.1, 0.15) is 5.76 Å². The predicted molar refractivity (Wildman–Crippen MR) is 67.2 cm³/mol. The number of likely N-dealkylation sites (N-methyl/N-ethyl adjacent to an activating group) is 1. The maximum atomic E-state index is 5.72. The fraction of sp³-hybridized carbons (Fsp3) is 0.231. The van der Waals surface area contributed by atoms with Crippen LogP contribution >= 0.6 is 0 Å². The Bertz CT molecular complexity index is 502. The summed E-state index contributed by atoms with van der Waals surface area (Å²) in [6.07, 6.45) is 1.88. The smallest absolute Gasteiger partial charge is 0.134 e. The number of nitrogens with two attached hydrogens (primary N) is 1. The summed E-state index contributed by atoms with van der Waals surface area (Å²) in [5.41, 5.74) is 7.37. The topological polar surface area (TPSA) is 42.4 Å². The van der Waals surface area contributed by atoms with Crippen LogP contribution in [0.25, 0.3) is 11.0 Å². The second-order valence-electron chi connectivity index (χ2n) is 4.00. The van der Waals surface area contributed by atoms with Crippen molar-refractivity contribution in [2.45, 2.75) is 6.54 Å². The first kappa shape index (κ1) is 10.8. The van der Waals surface area contributed by atoms with Gasteiger partial charge in [0, 0.05) is 17.6 Å². The Balaban J connectivity index is 2.22. The van der Waals surface area contributed by atoms with Gasteiger partial charge in [-0.15, -0.1) is 6.58 Å². The van der Waals surface area contributed by atoms with Crippen LogP contribution in [0, 0.1) is 0 Å². The van der Waals surface area contributed by atoms with Crippen LogP contribution in [-0.2, 0) is 6.54 Å². The lowest BCUT2D eigenvalue weighted by Crippen LogP contribution is -2.16. The number of hydrogen-bond donors (Lipinski definition) is 1. The maximum Gasteiger partial charge on any atom is 0.134 e. The van der Waals surface area contributed by atoms with Crippen molar-refractivity contribution in [2.24, 2.45) is 0 Å². The SMILES string of the molecule is C=CCN(C)Cc1cc2cc(N)ccc2o1. The molecule has 3 heteroatoms. The van der Waals surface area contributed by atoms with E-state index in [1.807, 2.05) is 37.4 Å². The molecule has 2 N–H and O–H groups in total. The molecular weight excluding hydrogens is 200 g/mol. The molecule has 0 bridgehead atoms. The van der Waals surface area contributed by atoms with Gasteiger partial charge in [0.15, 0.2) is 0 Å². The van der Waals surface area contributed by atoms with E-state index in [2.05, 4.69) is 11.5 Å². The fourth-order valence-corrected chi connectivity index (χ4v) is 1.75. The largest absolute Gasteiger partial charge is 0.460 e. The first-order valence-corrected chi connectivity index (χ1v) is 5.26. The molecule has 1 aromatic carbocycles. The Hall–Kier alpha value is -1.74. The average molecular weight is 216 g/mol. The third-order valence-electron chi connectivity index (χ3n) is 2.46. The highest BCUT2D eigenvalue weighted by molar-refractivity contribution is 5.81. The molecule has 2 aromatic rings. The molecule has 0 spiro atoms. The molecule has 0 aliphatic carbocycles. The van der Waals surface area contributed by atoms with Crippen LogP contribution in [0.3, 0.4) is 0 Å². The monoisotopic (exact) mass is 216 g/mol. The molecule has 1 aromatic heterocycles. The summed E-state index contributed by atoms with van der Waals surface area (Å²) in [5.74, 6) is 0.949. The number of nitrogen functional groups attached to an aromatic ring is 1. The van der Waals surface area contributed by atoms with E-state index >= 15 is 0 Å². The first-order chi connectivity index (χ1) is 7.69. The van der Waals surface area contributed by atoms with Gasteiger partial charge in [-0.2, -0.15) is 0 Å². The van der Waals surface area contributed by atoms with Crippen molar-refractivity contribution in [3.63, 3.8) is 0 Å². The van der Waals surface area contributed by atoms with Crippen molar-refractivity contribution in [2.75, 3.05) is 19.3 Å². The summed E-state index contributed by atoms with van der Waals surface area (Å²) in [6, 6.07) is 7.71. The van der Waals surface area contributed by atoms with E-state index in [0.29, 0.717) is 0 Å². The van der Waals surface area contributed by atoms with E-state index in [9.17, 15) is 0 Å². The van der Waals surface area contributed by atoms with Gasteiger partial charge in [-0.05, 0) is 31.3 Å². The maximum absolute atomic E-state index is 5.72. The van der Waals surface area contributed by atoms with E-state index < -0.39 is 0 Å². The normalized spacial score (nSPS) is 11.1. The number of benzene rings is 1. The second-order valence-corrected chi connectivity index (χ2v) is 4.00. The lowest BCUT2D eigenvalue weighted by molar-refractivity contribution is 0.328. The van der Waals surface area contributed by atoms with Gasteiger partial charge < -0.3 is 10.2 Å². The van der Waals surface area contributed by atoms with Crippen LogP contribution < -0.4 is 5.73 Å². The van der Waals surface area contributed by atoms with E-state index in [-0.39, 0.29) is 0 Å². The highest BCUT2D eigenvalue weighted by atomic mass is 16.3. The third kappa shape index (κ3) is 2.25. The molecule has 0 unspecified atom stereocenters. The van der Waals surface area contributed by atoms with Crippen molar-refractivity contribution < 1.29 is 4.42 Å². The van der Waals surface area contributed by atoms with Crippen molar-refractivity contribution in [1.82, 2.24) is 4.90 Å². The van der Waals surface area contributed by atoms with E-state index in [0.717, 1.165) is 35.5 Å². The molecule has 0 aliphatic heterocycles. The van der Waals surface area contributed by atoms with E-state index in [1.54, 1.807) is 0 Å². The minimum absolute atomic E-state index is 0.763. The Morgan fingerprint density at radius 1 is 1.44 bits per heavy atom. The molecule has 0 saturated carbocycles. The zero-order valence-electron chi connectivity index (χ0n) is 9.44. The summed E-state index contributed by atoms with van der Waals surface area (Å²) < 4.78 is 5.71. The molecule has 0 atom stereocenters. The minimum Gasteiger partial charge on any atom is -0.460 e. The van der Waals surface area contributed by atoms with E-state index in [4.69, 9.17) is 10.2 Å². The van der Waals surface area contributed by atoms with Crippen molar-refractivity contribution in [3.8, 4) is 0 Å². The molecule has 2 rings (SSSR count). The molecule has 0 aliphatic rings. The van der Waals surface area contributed by atoms with Crippen molar-refractivity contribution in [3.05, 3.63) is 42.7 Å². The third-order valence-corrected chi connectivity index (χ3v) is 2.46. The summed E-state index contributed by atoms with van der Waals surface area (Å²) in [6.45, 7) is 5.33. The quantitative estimate of drug-likeness (QED) is 0.631. The standard InChI is InChI=1S/C13H16N2O/c1-3-6-15(2)9-12-8-10-7-11(14)4-5-13(10)16-12/h3-5,7-8H,1,6,9,14H2,2H3. The summed E-state index contributed by atoms with van der Waals surface area (Å²) in [4.78, 5) is 2.13. The average Bonchev–Trinajstić information content (AvgIpc) is 2.59. The Labute approximate surface area is 95.1 Å². The lowest BCUT2D eigenvalue weighted by Gasteiger charge is -2.11. The summed E-state index contributed by atoms with van der Waals surface area (Å²) >= 11 is 0. The second kappa shape index (κ2) is 4.41. The van der Waals surface area contributed by atoms with Crippen molar-refractivity contribution >= 4 is 16.7 Å². The van der Waals surface area contributed by atoms with Crippen LogP contribution in [-0.4, -0.2) is 18.5 Å². The molecule has 0 saturated heterocycles. The van der Waals surface area contributed by atoms with E-state index in [1.165, 1.54) is 0 Å². The lowest BCUT2D eigenvalue weighted by atomic mass is 10.2. The summed E-state index contributed by atoms with van der Waals surface area (Å²) in [7, 11) is 2.03. The van der Waals surface area contributed by atoms with Gasteiger partial charge in [0.2, 0.25) is 0 Å². The van der Waals surface area contributed by atoms with Gasteiger partial charge >= 0.3 is 0 Å². The zero-order chi connectivity index (χ0) is 11.5. The van der Waals surface area contributed by atoms with Gasteiger partial charge in [0.25, 0.3) is 0 Å². The zero-order valence-corrected chi connectivity index (χ0v) is 9.44. The Morgan fingerprint density at radius 3 is 3.00 bits per heavy atom.